The molecule has 0 radical (unpaired) electrons. The maximum absolute atomic E-state index is 13.0. The summed E-state index contributed by atoms with van der Waals surface area (Å²) in [7, 11) is -6.82. The number of piperidine rings is 1. The van der Waals surface area contributed by atoms with Crippen molar-refractivity contribution < 1.29 is 31.1 Å². The average molecular weight is 459 g/mol. The minimum Gasteiger partial charge on any atom is -0.486 e. The molecule has 166 valence electrons. The van der Waals surface area contributed by atoms with Gasteiger partial charge in [-0.3, -0.25) is 4.79 Å². The maximum atomic E-state index is 13.0. The third-order valence-corrected chi connectivity index (χ3v) is 9.70. The summed E-state index contributed by atoms with van der Waals surface area (Å²) in [6.45, 7) is 3.00. The van der Waals surface area contributed by atoms with Crippen LogP contribution in [0.1, 0.15) is 26.2 Å². The van der Waals surface area contributed by atoms with Crippen molar-refractivity contribution >= 4 is 25.8 Å². The first-order valence-electron chi connectivity index (χ1n) is 10.0. The van der Waals surface area contributed by atoms with Gasteiger partial charge >= 0.3 is 0 Å². The molecule has 1 aromatic carbocycles. The predicted molar refractivity (Wildman–Crippen MR) is 109 cm³/mol. The fourth-order valence-corrected chi connectivity index (χ4v) is 7.78. The van der Waals surface area contributed by atoms with Gasteiger partial charge in [0.15, 0.2) is 21.3 Å². The van der Waals surface area contributed by atoms with E-state index in [2.05, 4.69) is 5.32 Å². The van der Waals surface area contributed by atoms with Gasteiger partial charge in [-0.1, -0.05) is 0 Å². The van der Waals surface area contributed by atoms with Gasteiger partial charge in [0.25, 0.3) is 0 Å². The summed E-state index contributed by atoms with van der Waals surface area (Å²) in [5.41, 5.74) is -0.746. The lowest BCUT2D eigenvalue weighted by atomic mass is 9.94. The molecule has 3 heterocycles. The molecule has 30 heavy (non-hydrogen) atoms. The van der Waals surface area contributed by atoms with Gasteiger partial charge < -0.3 is 14.8 Å². The van der Waals surface area contributed by atoms with E-state index in [4.69, 9.17) is 9.47 Å². The highest BCUT2D eigenvalue weighted by molar-refractivity contribution is 7.91. The molecule has 0 saturated carbocycles. The highest BCUT2D eigenvalue weighted by atomic mass is 32.2. The first kappa shape index (κ1) is 21.4. The first-order valence-corrected chi connectivity index (χ1v) is 13.3. The van der Waals surface area contributed by atoms with Gasteiger partial charge in [-0.25, -0.2) is 16.8 Å². The quantitative estimate of drug-likeness (QED) is 0.700. The Morgan fingerprint density at radius 3 is 2.47 bits per heavy atom. The van der Waals surface area contributed by atoms with Crippen LogP contribution in [0, 0.1) is 5.92 Å². The molecule has 0 aromatic heterocycles. The highest BCUT2D eigenvalue weighted by Gasteiger charge is 2.41. The van der Waals surface area contributed by atoms with Crippen LogP contribution in [0.25, 0.3) is 0 Å². The molecular formula is C19H26N2O7S2. The van der Waals surface area contributed by atoms with Gasteiger partial charge in [-0.2, -0.15) is 4.31 Å². The molecule has 3 aliphatic rings. The van der Waals surface area contributed by atoms with Crippen molar-refractivity contribution in [3.05, 3.63) is 18.2 Å². The Morgan fingerprint density at radius 2 is 1.83 bits per heavy atom. The summed E-state index contributed by atoms with van der Waals surface area (Å²) in [6, 6.07) is 4.57. The molecule has 1 aromatic rings. The molecule has 4 rings (SSSR count). The molecule has 11 heteroatoms. The van der Waals surface area contributed by atoms with Gasteiger partial charge in [0.05, 0.1) is 21.9 Å². The van der Waals surface area contributed by atoms with Crippen LogP contribution in [0.2, 0.25) is 0 Å². The van der Waals surface area contributed by atoms with E-state index in [1.807, 2.05) is 0 Å². The van der Waals surface area contributed by atoms with Crippen molar-refractivity contribution in [1.82, 2.24) is 9.62 Å². The Bertz CT molecular complexity index is 1050. The lowest BCUT2D eigenvalue weighted by Gasteiger charge is -2.33. The number of rotatable bonds is 4. The Morgan fingerprint density at radius 1 is 1.17 bits per heavy atom. The summed E-state index contributed by atoms with van der Waals surface area (Å²) in [5, 5.41) is 2.88. The Kier molecular flexibility index (Phi) is 5.48. The van der Waals surface area contributed by atoms with E-state index in [-0.39, 0.29) is 41.3 Å². The molecule has 1 amide bonds. The third kappa shape index (κ3) is 4.28. The van der Waals surface area contributed by atoms with Crippen molar-refractivity contribution in [3.8, 4) is 11.5 Å². The van der Waals surface area contributed by atoms with Crippen LogP contribution in [0.15, 0.2) is 23.1 Å². The molecule has 0 spiro atoms. The van der Waals surface area contributed by atoms with E-state index in [0.717, 1.165) is 0 Å². The van der Waals surface area contributed by atoms with Crippen LogP contribution >= 0.6 is 0 Å². The number of sulfone groups is 1. The number of hydrogen-bond donors (Lipinski definition) is 1. The van der Waals surface area contributed by atoms with Gasteiger partial charge in [0.1, 0.15) is 13.2 Å². The molecule has 1 N–H and O–H groups in total. The normalized spacial score (nSPS) is 27.0. The van der Waals surface area contributed by atoms with Crippen LogP contribution in [-0.4, -0.2) is 70.4 Å². The van der Waals surface area contributed by atoms with Gasteiger partial charge in [0.2, 0.25) is 15.9 Å². The maximum Gasteiger partial charge on any atom is 0.243 e. The minimum atomic E-state index is -3.71. The molecule has 3 aliphatic heterocycles. The van der Waals surface area contributed by atoms with E-state index in [1.54, 1.807) is 13.0 Å². The Balaban J connectivity index is 1.38. The van der Waals surface area contributed by atoms with Crippen molar-refractivity contribution in [2.45, 2.75) is 36.6 Å². The Hall–Kier alpha value is -1.85. The van der Waals surface area contributed by atoms with Crippen molar-refractivity contribution in [1.29, 1.82) is 0 Å². The number of benzene rings is 1. The number of carbonyl (C=O) groups excluding carboxylic acids is 1. The predicted octanol–water partition coefficient (Wildman–Crippen LogP) is 0.552. The molecule has 1 unspecified atom stereocenters. The largest absolute Gasteiger partial charge is 0.486 e. The molecule has 0 aliphatic carbocycles. The van der Waals surface area contributed by atoms with Crippen LogP contribution in [0.3, 0.4) is 0 Å². The summed E-state index contributed by atoms with van der Waals surface area (Å²) >= 11 is 0. The van der Waals surface area contributed by atoms with Crippen molar-refractivity contribution in [2.24, 2.45) is 5.92 Å². The first-order chi connectivity index (χ1) is 14.1. The van der Waals surface area contributed by atoms with E-state index in [1.165, 1.54) is 16.4 Å². The molecule has 1 atom stereocenters. The second-order valence-electron chi connectivity index (χ2n) is 8.38. The van der Waals surface area contributed by atoms with Gasteiger partial charge in [-0.05, 0) is 38.3 Å². The number of fused-ring (bicyclic) bond motifs is 1. The zero-order chi connectivity index (χ0) is 21.6. The lowest BCUT2D eigenvalue weighted by Crippen LogP contribution is -2.51. The van der Waals surface area contributed by atoms with Crippen LogP contribution < -0.4 is 14.8 Å². The van der Waals surface area contributed by atoms with Crippen molar-refractivity contribution in [2.75, 3.05) is 37.8 Å². The summed E-state index contributed by atoms with van der Waals surface area (Å²) in [6.07, 6.45) is 1.18. The molecule has 0 bridgehead atoms. The van der Waals surface area contributed by atoms with Gasteiger partial charge in [-0.15, -0.1) is 0 Å². The number of sulfonamides is 1. The topological polar surface area (TPSA) is 119 Å². The molecule has 2 fully saturated rings. The lowest BCUT2D eigenvalue weighted by molar-refractivity contribution is -0.127. The number of nitrogens with zero attached hydrogens (tertiary/aromatic N) is 1. The van der Waals surface area contributed by atoms with Crippen molar-refractivity contribution in [3.63, 3.8) is 0 Å². The van der Waals surface area contributed by atoms with E-state index >= 15 is 0 Å². The second kappa shape index (κ2) is 7.69. The molecular weight excluding hydrogens is 432 g/mol. The molecule has 9 nitrogen and oxygen atoms in total. The fourth-order valence-electron chi connectivity index (χ4n) is 4.20. The minimum absolute atomic E-state index is 0.0525. The highest BCUT2D eigenvalue weighted by Crippen LogP contribution is 2.34. The second-order valence-corrected chi connectivity index (χ2v) is 12.5. The third-order valence-electron chi connectivity index (χ3n) is 5.90. The SMILES string of the molecule is CC1(NC(=O)C2CCN(S(=O)(=O)c3ccc4c(c3)OCCO4)CC2)CCS(=O)(=O)C1. The fraction of sp³-hybridized carbons (Fsp3) is 0.632. The summed E-state index contributed by atoms with van der Waals surface area (Å²) < 4.78 is 61.8. The number of carbonyl (C=O) groups is 1. The summed E-state index contributed by atoms with van der Waals surface area (Å²) in [5.74, 6) is 0.427. The Labute approximate surface area is 176 Å². The smallest absolute Gasteiger partial charge is 0.243 e. The number of ether oxygens (including phenoxy) is 2. The van der Waals surface area contributed by atoms with E-state index in [9.17, 15) is 21.6 Å². The number of nitrogens with one attached hydrogen (secondary N) is 1. The monoisotopic (exact) mass is 458 g/mol. The zero-order valence-electron chi connectivity index (χ0n) is 16.8. The van der Waals surface area contributed by atoms with Crippen LogP contribution in [0.5, 0.6) is 11.5 Å². The summed E-state index contributed by atoms with van der Waals surface area (Å²) in [4.78, 5) is 12.8. The number of hydrogen-bond acceptors (Lipinski definition) is 7. The molecule has 2 saturated heterocycles. The van der Waals surface area contributed by atoms with Gasteiger partial charge in [0, 0.05) is 25.1 Å². The van der Waals surface area contributed by atoms with E-state index < -0.39 is 25.4 Å². The standard InChI is InChI=1S/C19H26N2O7S2/c1-19(6-11-29(23,24)13-19)20-18(22)14-4-7-21(8-5-14)30(25,26)15-2-3-16-17(12-15)28-10-9-27-16/h2-3,12,14H,4-11,13H2,1H3,(H,20,22). The average Bonchev–Trinajstić information content (AvgIpc) is 3.00. The number of amides is 1. The zero-order valence-corrected chi connectivity index (χ0v) is 18.4. The van der Waals surface area contributed by atoms with Crippen LogP contribution in [-0.2, 0) is 24.7 Å². The van der Waals surface area contributed by atoms with Crippen LogP contribution in [0.4, 0.5) is 0 Å². The van der Waals surface area contributed by atoms with E-state index in [0.29, 0.717) is 44.0 Å².